The van der Waals surface area contributed by atoms with E-state index in [4.69, 9.17) is 16.3 Å². The first-order valence-corrected chi connectivity index (χ1v) is 11.3. The first-order valence-electron chi connectivity index (χ1n) is 11.0. The van der Waals surface area contributed by atoms with Crippen molar-refractivity contribution in [2.45, 2.75) is 13.0 Å². The fourth-order valence-corrected chi connectivity index (χ4v) is 4.69. The summed E-state index contributed by atoms with van der Waals surface area (Å²) in [5.74, 6) is -0.969. The number of Topliss-reactive ketones (excluding diaryl/α,β-unsaturated/α-hetero) is 1. The molecule has 1 amide bonds. The molecule has 1 saturated heterocycles. The highest BCUT2D eigenvalue weighted by molar-refractivity contribution is 6.52. The van der Waals surface area contributed by atoms with Gasteiger partial charge in [0, 0.05) is 23.3 Å². The highest BCUT2D eigenvalue weighted by Gasteiger charge is 2.47. The van der Waals surface area contributed by atoms with Gasteiger partial charge in [-0.3, -0.25) is 14.5 Å². The van der Waals surface area contributed by atoms with E-state index in [0.29, 0.717) is 40.7 Å². The first-order chi connectivity index (χ1) is 16.4. The lowest BCUT2D eigenvalue weighted by Gasteiger charge is -2.28. The number of aryl methyl sites for hydroxylation is 1. The third-order valence-electron chi connectivity index (χ3n) is 6.32. The standard InChI is InChI=1S/C27H23ClN2O4/c1-16-8-10-19(28)15-20(16)30-24(17-6-4-3-5-7-17)23(26(32)27(30)33)25(31)18-9-11-22-21(14-18)29(2)12-13-34-22/h3-11,14-15,24,31H,12-13H2,1-2H3/b25-23-. The van der Waals surface area contributed by atoms with Crippen molar-refractivity contribution >= 4 is 40.4 Å². The Morgan fingerprint density at radius 3 is 2.56 bits per heavy atom. The van der Waals surface area contributed by atoms with Crippen LogP contribution in [0.25, 0.3) is 5.76 Å². The third-order valence-corrected chi connectivity index (χ3v) is 6.55. The van der Waals surface area contributed by atoms with Crippen LogP contribution >= 0.6 is 11.6 Å². The van der Waals surface area contributed by atoms with Gasteiger partial charge in [-0.05, 0) is 48.4 Å². The molecule has 5 rings (SSSR count). The zero-order chi connectivity index (χ0) is 24.0. The van der Waals surface area contributed by atoms with E-state index in [1.807, 2.05) is 49.2 Å². The molecule has 1 fully saturated rings. The van der Waals surface area contributed by atoms with Crippen molar-refractivity contribution in [2.24, 2.45) is 0 Å². The Bertz CT molecular complexity index is 1340. The second-order valence-electron chi connectivity index (χ2n) is 8.46. The second kappa shape index (κ2) is 8.54. The molecule has 1 N–H and O–H groups in total. The summed E-state index contributed by atoms with van der Waals surface area (Å²) in [6.45, 7) is 3.14. The highest BCUT2D eigenvalue weighted by Crippen LogP contribution is 2.44. The van der Waals surface area contributed by atoms with Crippen molar-refractivity contribution in [2.75, 3.05) is 30.0 Å². The quantitative estimate of drug-likeness (QED) is 0.325. The number of anilines is 2. The van der Waals surface area contributed by atoms with Gasteiger partial charge in [0.2, 0.25) is 0 Å². The van der Waals surface area contributed by atoms with Gasteiger partial charge in [-0.2, -0.15) is 0 Å². The molecule has 3 aromatic rings. The maximum absolute atomic E-state index is 13.4. The molecule has 34 heavy (non-hydrogen) atoms. The Balaban J connectivity index is 1.72. The van der Waals surface area contributed by atoms with Gasteiger partial charge in [-0.1, -0.05) is 48.0 Å². The lowest BCUT2D eigenvalue weighted by atomic mass is 9.94. The van der Waals surface area contributed by atoms with E-state index >= 15 is 0 Å². The molecule has 6 nitrogen and oxygen atoms in total. The number of benzene rings is 3. The van der Waals surface area contributed by atoms with Gasteiger partial charge in [0.1, 0.15) is 18.1 Å². The molecule has 7 heteroatoms. The number of halogens is 1. The van der Waals surface area contributed by atoms with Gasteiger partial charge in [0.15, 0.2) is 0 Å². The number of carbonyl (C=O) groups excluding carboxylic acids is 2. The molecule has 1 atom stereocenters. The first kappa shape index (κ1) is 22.0. The van der Waals surface area contributed by atoms with Crippen molar-refractivity contribution in [1.29, 1.82) is 0 Å². The van der Waals surface area contributed by atoms with E-state index in [-0.39, 0.29) is 11.3 Å². The molecule has 2 aliphatic rings. The van der Waals surface area contributed by atoms with Crippen LogP contribution in [0.2, 0.25) is 5.02 Å². The average molecular weight is 475 g/mol. The summed E-state index contributed by atoms with van der Waals surface area (Å²) >= 11 is 6.25. The fourth-order valence-electron chi connectivity index (χ4n) is 4.53. The van der Waals surface area contributed by atoms with Crippen molar-refractivity contribution in [3.63, 3.8) is 0 Å². The summed E-state index contributed by atoms with van der Waals surface area (Å²) in [7, 11) is 1.94. The van der Waals surface area contributed by atoms with Crippen LogP contribution in [0, 0.1) is 6.92 Å². The Labute approximate surface area is 202 Å². The molecule has 0 radical (unpaired) electrons. The van der Waals surface area contributed by atoms with Gasteiger partial charge in [0.05, 0.1) is 23.8 Å². The largest absolute Gasteiger partial charge is 0.507 e. The van der Waals surface area contributed by atoms with Gasteiger partial charge in [0.25, 0.3) is 11.7 Å². The van der Waals surface area contributed by atoms with Crippen LogP contribution in [0.5, 0.6) is 5.75 Å². The van der Waals surface area contributed by atoms with Gasteiger partial charge in [-0.25, -0.2) is 0 Å². The average Bonchev–Trinajstić information content (AvgIpc) is 3.11. The molecule has 2 heterocycles. The van der Waals surface area contributed by atoms with E-state index < -0.39 is 17.7 Å². The number of rotatable bonds is 3. The maximum Gasteiger partial charge on any atom is 0.300 e. The van der Waals surface area contributed by atoms with Crippen molar-refractivity contribution in [3.05, 3.63) is 94.0 Å². The fraction of sp³-hybridized carbons (Fsp3) is 0.185. The van der Waals surface area contributed by atoms with Crippen LogP contribution in [0.4, 0.5) is 11.4 Å². The molecule has 0 saturated carbocycles. The molecule has 3 aromatic carbocycles. The molecular formula is C27H23ClN2O4. The SMILES string of the molecule is Cc1ccc(Cl)cc1N1C(=O)C(=O)/C(=C(\O)c2ccc3c(c2)N(C)CCO3)C1c1ccccc1. The number of ketones is 1. The monoisotopic (exact) mass is 474 g/mol. The van der Waals surface area contributed by atoms with Crippen LogP contribution < -0.4 is 14.5 Å². The minimum atomic E-state index is -0.802. The van der Waals surface area contributed by atoms with E-state index in [1.165, 1.54) is 4.90 Å². The van der Waals surface area contributed by atoms with Crippen molar-refractivity contribution < 1.29 is 19.4 Å². The van der Waals surface area contributed by atoms with Gasteiger partial charge >= 0.3 is 0 Å². The van der Waals surface area contributed by atoms with Crippen LogP contribution in [0.1, 0.15) is 22.7 Å². The van der Waals surface area contributed by atoms with E-state index in [2.05, 4.69) is 0 Å². The number of nitrogens with zero attached hydrogens (tertiary/aromatic N) is 2. The Morgan fingerprint density at radius 2 is 1.79 bits per heavy atom. The van der Waals surface area contributed by atoms with Crippen LogP contribution in [0.15, 0.2) is 72.3 Å². The maximum atomic E-state index is 13.4. The van der Waals surface area contributed by atoms with E-state index in [9.17, 15) is 14.7 Å². The summed E-state index contributed by atoms with van der Waals surface area (Å²) in [5.41, 5.74) is 3.32. The number of carbonyl (C=O) groups is 2. The van der Waals surface area contributed by atoms with Gasteiger partial charge < -0.3 is 14.7 Å². The minimum absolute atomic E-state index is 0.0370. The highest BCUT2D eigenvalue weighted by atomic mass is 35.5. The lowest BCUT2D eigenvalue weighted by Crippen LogP contribution is -2.30. The van der Waals surface area contributed by atoms with Crippen LogP contribution in [-0.4, -0.2) is 37.0 Å². The number of amides is 1. The number of ether oxygens (including phenoxy) is 1. The van der Waals surface area contributed by atoms with Crippen LogP contribution in [0.3, 0.4) is 0 Å². The molecule has 172 valence electrons. The smallest absolute Gasteiger partial charge is 0.300 e. The predicted molar refractivity (Wildman–Crippen MR) is 133 cm³/mol. The summed E-state index contributed by atoms with van der Waals surface area (Å²) in [4.78, 5) is 30.2. The number of fused-ring (bicyclic) bond motifs is 1. The molecular weight excluding hydrogens is 452 g/mol. The number of likely N-dealkylation sites (N-methyl/N-ethyl adjacent to an activating group) is 1. The van der Waals surface area contributed by atoms with E-state index in [0.717, 1.165) is 11.3 Å². The number of hydrogen-bond acceptors (Lipinski definition) is 5. The Hall–Kier alpha value is -3.77. The topological polar surface area (TPSA) is 70.1 Å². The molecule has 0 aliphatic carbocycles. The normalized spacial score (nSPS) is 19.2. The zero-order valence-corrected chi connectivity index (χ0v) is 19.5. The van der Waals surface area contributed by atoms with Crippen molar-refractivity contribution in [3.8, 4) is 5.75 Å². The zero-order valence-electron chi connectivity index (χ0n) is 18.8. The summed E-state index contributed by atoms with van der Waals surface area (Å²) < 4.78 is 5.70. The molecule has 2 aliphatic heterocycles. The second-order valence-corrected chi connectivity index (χ2v) is 8.90. The third kappa shape index (κ3) is 3.60. The minimum Gasteiger partial charge on any atom is -0.507 e. The molecule has 0 aromatic heterocycles. The van der Waals surface area contributed by atoms with E-state index in [1.54, 1.807) is 36.4 Å². The summed E-state index contributed by atoms with van der Waals surface area (Å²) in [6, 6.07) is 18.9. The lowest BCUT2D eigenvalue weighted by molar-refractivity contribution is -0.132. The van der Waals surface area contributed by atoms with Crippen LogP contribution in [-0.2, 0) is 9.59 Å². The number of aliphatic hydroxyl groups excluding tert-OH is 1. The Kier molecular flexibility index (Phi) is 5.54. The number of aliphatic hydroxyl groups is 1. The molecule has 0 bridgehead atoms. The summed E-state index contributed by atoms with van der Waals surface area (Å²) in [5, 5.41) is 11.9. The Morgan fingerprint density at radius 1 is 1.03 bits per heavy atom. The molecule has 1 unspecified atom stereocenters. The summed E-state index contributed by atoms with van der Waals surface area (Å²) in [6.07, 6.45) is 0. The molecule has 0 spiro atoms. The predicted octanol–water partition coefficient (Wildman–Crippen LogP) is 5.10. The van der Waals surface area contributed by atoms with Crippen molar-refractivity contribution in [1.82, 2.24) is 0 Å². The van der Waals surface area contributed by atoms with Gasteiger partial charge in [-0.15, -0.1) is 0 Å². The number of hydrogen-bond donors (Lipinski definition) is 1.